The van der Waals surface area contributed by atoms with E-state index in [0.29, 0.717) is 24.6 Å². The van der Waals surface area contributed by atoms with E-state index in [1.807, 2.05) is 24.0 Å². The number of amides is 1. The van der Waals surface area contributed by atoms with Crippen molar-refractivity contribution in [3.63, 3.8) is 0 Å². The molecule has 1 aromatic rings. The molecule has 1 amide bonds. The van der Waals surface area contributed by atoms with Crippen LogP contribution in [0, 0.1) is 5.92 Å². The van der Waals surface area contributed by atoms with E-state index < -0.39 is 0 Å². The van der Waals surface area contributed by atoms with Crippen molar-refractivity contribution in [2.45, 2.75) is 51.1 Å². The predicted molar refractivity (Wildman–Crippen MR) is 83.6 cm³/mol. The molecule has 0 aliphatic carbocycles. The first kappa shape index (κ1) is 14.7. The number of carbonyl (C=O) groups excluding carboxylic acids is 1. The van der Waals surface area contributed by atoms with Gasteiger partial charge in [-0.2, -0.15) is 0 Å². The summed E-state index contributed by atoms with van der Waals surface area (Å²) in [6, 6.07) is 8.89. The first-order valence-corrected chi connectivity index (χ1v) is 8.24. The van der Waals surface area contributed by atoms with Crippen LogP contribution in [-0.2, 0) is 11.2 Å². The van der Waals surface area contributed by atoms with Crippen LogP contribution in [0.4, 0.5) is 4.79 Å². The van der Waals surface area contributed by atoms with Gasteiger partial charge in [-0.25, -0.2) is 4.79 Å². The van der Waals surface area contributed by atoms with E-state index in [0.717, 1.165) is 37.1 Å². The van der Waals surface area contributed by atoms with Gasteiger partial charge in [0, 0.05) is 17.1 Å². The van der Waals surface area contributed by atoms with Crippen molar-refractivity contribution < 1.29 is 9.53 Å². The average molecular weight is 308 g/mol. The standard InChI is InChI=1S/C17H22ClNO2/c1-2-21-17(20)19-15-7-8-16(19)11-13(10-15)9-12-3-5-14(18)6-4-12/h3-6,13,15-16H,2,7-11H2,1H3. The van der Waals surface area contributed by atoms with Crippen molar-refractivity contribution in [3.8, 4) is 0 Å². The number of carbonyl (C=O) groups is 1. The van der Waals surface area contributed by atoms with E-state index in [9.17, 15) is 4.79 Å². The monoisotopic (exact) mass is 307 g/mol. The van der Waals surface area contributed by atoms with E-state index in [4.69, 9.17) is 16.3 Å². The molecular formula is C17H22ClNO2. The van der Waals surface area contributed by atoms with Gasteiger partial charge in [-0.1, -0.05) is 23.7 Å². The summed E-state index contributed by atoms with van der Waals surface area (Å²) in [5.74, 6) is 0.661. The van der Waals surface area contributed by atoms with Gasteiger partial charge in [0.25, 0.3) is 0 Å². The summed E-state index contributed by atoms with van der Waals surface area (Å²) in [5, 5.41) is 0.788. The lowest BCUT2D eigenvalue weighted by Crippen LogP contribution is -2.47. The van der Waals surface area contributed by atoms with Crippen molar-refractivity contribution in [2.75, 3.05) is 6.61 Å². The van der Waals surface area contributed by atoms with Gasteiger partial charge in [-0.05, 0) is 62.6 Å². The van der Waals surface area contributed by atoms with Gasteiger partial charge in [-0.3, -0.25) is 0 Å². The van der Waals surface area contributed by atoms with Crippen LogP contribution in [0.3, 0.4) is 0 Å². The molecule has 3 rings (SSSR count). The fourth-order valence-corrected chi connectivity index (χ4v) is 4.03. The normalized spacial score (nSPS) is 27.7. The molecule has 0 saturated carbocycles. The van der Waals surface area contributed by atoms with E-state index in [1.165, 1.54) is 5.56 Å². The number of hydrogen-bond donors (Lipinski definition) is 0. The molecule has 3 nitrogen and oxygen atoms in total. The van der Waals surface area contributed by atoms with Crippen LogP contribution in [0.25, 0.3) is 0 Å². The fraction of sp³-hybridized carbons (Fsp3) is 0.588. The molecule has 114 valence electrons. The summed E-state index contributed by atoms with van der Waals surface area (Å²) in [7, 11) is 0. The van der Waals surface area contributed by atoms with Gasteiger partial charge < -0.3 is 9.64 Å². The molecule has 2 fully saturated rings. The van der Waals surface area contributed by atoms with E-state index in [-0.39, 0.29) is 6.09 Å². The molecule has 21 heavy (non-hydrogen) atoms. The molecule has 2 unspecified atom stereocenters. The molecule has 1 aromatic carbocycles. The van der Waals surface area contributed by atoms with Crippen molar-refractivity contribution in [2.24, 2.45) is 5.92 Å². The Morgan fingerprint density at radius 3 is 2.43 bits per heavy atom. The van der Waals surface area contributed by atoms with E-state index >= 15 is 0 Å². The maximum Gasteiger partial charge on any atom is 0.410 e. The Bertz CT molecular complexity index is 488. The summed E-state index contributed by atoms with van der Waals surface area (Å²) < 4.78 is 5.20. The second-order valence-corrected chi connectivity index (χ2v) is 6.60. The molecule has 4 heteroatoms. The van der Waals surface area contributed by atoms with Gasteiger partial charge in [0.05, 0.1) is 6.61 Å². The predicted octanol–water partition coefficient (Wildman–Crippen LogP) is 4.28. The Morgan fingerprint density at radius 2 is 1.86 bits per heavy atom. The van der Waals surface area contributed by atoms with Crippen LogP contribution >= 0.6 is 11.6 Å². The maximum atomic E-state index is 12.1. The molecule has 2 atom stereocenters. The van der Waals surface area contributed by atoms with Gasteiger partial charge in [0.2, 0.25) is 0 Å². The zero-order chi connectivity index (χ0) is 14.8. The molecule has 2 heterocycles. The Labute approximate surface area is 131 Å². The molecule has 0 radical (unpaired) electrons. The van der Waals surface area contributed by atoms with Crippen molar-refractivity contribution in [1.29, 1.82) is 0 Å². The quantitative estimate of drug-likeness (QED) is 0.834. The van der Waals surface area contributed by atoms with Crippen LogP contribution in [0.1, 0.15) is 38.2 Å². The Balaban J connectivity index is 1.63. The highest BCUT2D eigenvalue weighted by molar-refractivity contribution is 6.30. The SMILES string of the molecule is CCOC(=O)N1C2CCC1CC(Cc1ccc(Cl)cc1)C2. The molecular weight excluding hydrogens is 286 g/mol. The summed E-state index contributed by atoms with van der Waals surface area (Å²) in [6.45, 7) is 2.33. The van der Waals surface area contributed by atoms with E-state index in [1.54, 1.807) is 0 Å². The minimum absolute atomic E-state index is 0.116. The first-order chi connectivity index (χ1) is 10.2. The summed E-state index contributed by atoms with van der Waals surface area (Å²) in [5.41, 5.74) is 1.34. The van der Waals surface area contributed by atoms with Crippen LogP contribution in [0.5, 0.6) is 0 Å². The largest absolute Gasteiger partial charge is 0.450 e. The highest BCUT2D eigenvalue weighted by Gasteiger charge is 2.43. The van der Waals surface area contributed by atoms with Crippen molar-refractivity contribution >= 4 is 17.7 Å². The highest BCUT2D eigenvalue weighted by atomic mass is 35.5. The zero-order valence-electron chi connectivity index (χ0n) is 12.4. The number of nitrogens with zero attached hydrogens (tertiary/aromatic N) is 1. The third-order valence-electron chi connectivity index (χ3n) is 4.75. The number of benzene rings is 1. The van der Waals surface area contributed by atoms with Crippen LogP contribution in [0.15, 0.2) is 24.3 Å². The molecule has 2 bridgehead atoms. The average Bonchev–Trinajstić information content (AvgIpc) is 2.73. The fourth-order valence-electron chi connectivity index (χ4n) is 3.91. The second-order valence-electron chi connectivity index (χ2n) is 6.16. The molecule has 0 aromatic heterocycles. The highest BCUT2D eigenvalue weighted by Crippen LogP contribution is 2.40. The Kier molecular flexibility index (Phi) is 4.39. The van der Waals surface area contributed by atoms with Crippen LogP contribution in [0.2, 0.25) is 5.02 Å². The number of hydrogen-bond acceptors (Lipinski definition) is 2. The van der Waals surface area contributed by atoms with Crippen molar-refractivity contribution in [3.05, 3.63) is 34.9 Å². The first-order valence-electron chi connectivity index (χ1n) is 7.87. The van der Waals surface area contributed by atoms with Crippen molar-refractivity contribution in [1.82, 2.24) is 4.90 Å². The minimum atomic E-state index is -0.116. The summed E-state index contributed by atoms with van der Waals surface area (Å²) in [4.78, 5) is 14.1. The topological polar surface area (TPSA) is 29.5 Å². The molecule has 2 saturated heterocycles. The lowest BCUT2D eigenvalue weighted by Gasteiger charge is -2.38. The van der Waals surface area contributed by atoms with Gasteiger partial charge in [0.15, 0.2) is 0 Å². The van der Waals surface area contributed by atoms with Crippen LogP contribution < -0.4 is 0 Å². The summed E-state index contributed by atoms with van der Waals surface area (Å²) in [6.07, 6.45) is 5.41. The lowest BCUT2D eigenvalue weighted by atomic mass is 9.86. The minimum Gasteiger partial charge on any atom is -0.450 e. The third-order valence-corrected chi connectivity index (χ3v) is 5.00. The second kappa shape index (κ2) is 6.27. The van der Waals surface area contributed by atoms with Gasteiger partial charge >= 0.3 is 6.09 Å². The molecule has 0 spiro atoms. The molecule has 2 aliphatic rings. The Hall–Kier alpha value is -1.22. The summed E-state index contributed by atoms with van der Waals surface area (Å²) >= 11 is 5.94. The third kappa shape index (κ3) is 3.18. The molecule has 0 N–H and O–H groups in total. The number of fused-ring (bicyclic) bond motifs is 2. The Morgan fingerprint density at radius 1 is 1.24 bits per heavy atom. The lowest BCUT2D eigenvalue weighted by molar-refractivity contribution is 0.0605. The number of ether oxygens (including phenoxy) is 1. The number of rotatable bonds is 3. The van der Waals surface area contributed by atoms with Crippen LogP contribution in [-0.4, -0.2) is 29.7 Å². The van der Waals surface area contributed by atoms with E-state index in [2.05, 4.69) is 12.1 Å². The number of halogens is 1. The van der Waals surface area contributed by atoms with Gasteiger partial charge in [-0.15, -0.1) is 0 Å². The maximum absolute atomic E-state index is 12.1. The zero-order valence-corrected chi connectivity index (χ0v) is 13.2. The number of piperidine rings is 1. The molecule has 2 aliphatic heterocycles. The van der Waals surface area contributed by atoms with Gasteiger partial charge in [0.1, 0.15) is 0 Å². The smallest absolute Gasteiger partial charge is 0.410 e.